The van der Waals surface area contributed by atoms with Gasteiger partial charge in [-0.15, -0.1) is 0 Å². The van der Waals surface area contributed by atoms with Gasteiger partial charge in [0.1, 0.15) is 17.1 Å². The molecule has 0 saturated carbocycles. The number of unbranched alkanes of at least 4 members (excludes halogenated alkanes) is 1. The van der Waals surface area contributed by atoms with Crippen LogP contribution in [-0.4, -0.2) is 60.1 Å². The minimum atomic E-state index is -0.448. The summed E-state index contributed by atoms with van der Waals surface area (Å²) in [6.45, 7) is 5.54. The van der Waals surface area contributed by atoms with Crippen molar-refractivity contribution in [1.82, 2.24) is 15.1 Å². The van der Waals surface area contributed by atoms with Crippen LogP contribution >= 0.6 is 11.6 Å². The van der Waals surface area contributed by atoms with E-state index in [-0.39, 0.29) is 11.7 Å². The van der Waals surface area contributed by atoms with E-state index in [0.29, 0.717) is 65.2 Å². The largest absolute Gasteiger partial charge is 0.507 e. The van der Waals surface area contributed by atoms with Crippen LogP contribution in [-0.2, 0) is 4.74 Å². The Labute approximate surface area is 216 Å². The summed E-state index contributed by atoms with van der Waals surface area (Å²) in [4.78, 5) is 15.3. The predicted molar refractivity (Wildman–Crippen MR) is 138 cm³/mol. The number of H-pyrrole nitrogens is 1. The van der Waals surface area contributed by atoms with Crippen LogP contribution in [0.1, 0.15) is 59.4 Å². The zero-order valence-electron chi connectivity index (χ0n) is 21.1. The number of aromatic nitrogens is 2. The third kappa shape index (κ3) is 4.88. The van der Waals surface area contributed by atoms with E-state index in [9.17, 15) is 9.90 Å². The van der Waals surface area contributed by atoms with Crippen molar-refractivity contribution in [2.24, 2.45) is 0 Å². The molecule has 36 heavy (non-hydrogen) atoms. The number of methoxy groups -OCH3 is 2. The Balaban J connectivity index is 1.81. The molecule has 0 radical (unpaired) electrons. The third-order valence-electron chi connectivity index (χ3n) is 6.40. The van der Waals surface area contributed by atoms with E-state index in [4.69, 9.17) is 25.8 Å². The minimum absolute atomic E-state index is 0.0486. The molecular weight excluding hydrogens is 482 g/mol. The number of hydrogen-bond donors (Lipinski definition) is 2. The molecule has 2 N–H and O–H groups in total. The first-order valence-electron chi connectivity index (χ1n) is 12.1. The number of carbonyl (C=O) groups is 1. The highest BCUT2D eigenvalue weighted by molar-refractivity contribution is 6.31. The monoisotopic (exact) mass is 513 g/mol. The summed E-state index contributed by atoms with van der Waals surface area (Å²) in [6, 6.07) is 8.56. The van der Waals surface area contributed by atoms with E-state index in [1.807, 2.05) is 25.1 Å². The Bertz CT molecular complexity index is 1240. The van der Waals surface area contributed by atoms with E-state index >= 15 is 0 Å². The van der Waals surface area contributed by atoms with Crippen LogP contribution in [0.15, 0.2) is 30.3 Å². The van der Waals surface area contributed by atoms with Crippen LogP contribution in [0.25, 0.3) is 11.3 Å². The van der Waals surface area contributed by atoms with Gasteiger partial charge in [0.05, 0.1) is 19.8 Å². The molecule has 0 saturated heterocycles. The first kappa shape index (κ1) is 25.9. The van der Waals surface area contributed by atoms with Crippen molar-refractivity contribution in [1.29, 1.82) is 0 Å². The molecule has 2 heterocycles. The number of rotatable bonds is 11. The predicted octanol–water partition coefficient (Wildman–Crippen LogP) is 5.51. The van der Waals surface area contributed by atoms with E-state index < -0.39 is 6.04 Å². The molecule has 8 nitrogen and oxygen atoms in total. The molecule has 192 valence electrons. The maximum atomic E-state index is 13.5. The average molecular weight is 514 g/mol. The highest BCUT2D eigenvalue weighted by Crippen LogP contribution is 2.46. The fourth-order valence-electron chi connectivity index (χ4n) is 4.51. The number of fused-ring (bicyclic) bond motifs is 1. The molecule has 1 aliphatic rings. The number of phenolic OH excluding ortho intramolecular Hbond substituents is 1. The molecule has 4 rings (SSSR count). The van der Waals surface area contributed by atoms with Crippen LogP contribution in [0.2, 0.25) is 5.02 Å². The lowest BCUT2D eigenvalue weighted by atomic mass is 9.95. The van der Waals surface area contributed by atoms with Gasteiger partial charge in [-0.1, -0.05) is 31.0 Å². The summed E-state index contributed by atoms with van der Waals surface area (Å²) in [5.41, 5.74) is 3.63. The van der Waals surface area contributed by atoms with Crippen molar-refractivity contribution in [2.75, 3.05) is 34.0 Å². The Hall–Kier alpha value is -3.23. The van der Waals surface area contributed by atoms with Crippen molar-refractivity contribution < 1.29 is 24.1 Å². The van der Waals surface area contributed by atoms with E-state index in [2.05, 4.69) is 17.1 Å². The van der Waals surface area contributed by atoms with Crippen molar-refractivity contribution in [3.05, 3.63) is 57.7 Å². The Morgan fingerprint density at radius 2 is 1.94 bits per heavy atom. The second-order valence-electron chi connectivity index (χ2n) is 8.84. The molecule has 0 aliphatic carbocycles. The second kappa shape index (κ2) is 11.2. The number of amides is 1. The number of aromatic hydroxyl groups is 1. The van der Waals surface area contributed by atoms with Crippen LogP contribution < -0.4 is 9.47 Å². The van der Waals surface area contributed by atoms with E-state index in [1.54, 1.807) is 31.3 Å². The number of phenols is 1. The Morgan fingerprint density at radius 1 is 1.14 bits per heavy atom. The van der Waals surface area contributed by atoms with Crippen molar-refractivity contribution in [3.8, 4) is 28.5 Å². The fourth-order valence-corrected chi connectivity index (χ4v) is 4.68. The summed E-state index contributed by atoms with van der Waals surface area (Å²) < 4.78 is 16.8. The van der Waals surface area contributed by atoms with Crippen LogP contribution in [0.4, 0.5) is 0 Å². The molecule has 0 bridgehead atoms. The van der Waals surface area contributed by atoms with Crippen LogP contribution in [0.5, 0.6) is 17.2 Å². The number of hydrogen-bond acceptors (Lipinski definition) is 6. The van der Waals surface area contributed by atoms with Gasteiger partial charge in [-0.25, -0.2) is 0 Å². The van der Waals surface area contributed by atoms with Gasteiger partial charge in [0.2, 0.25) is 0 Å². The first-order chi connectivity index (χ1) is 17.4. The van der Waals surface area contributed by atoms with Crippen molar-refractivity contribution >= 4 is 17.5 Å². The molecule has 2 aromatic carbocycles. The normalized spacial score (nSPS) is 14.9. The molecule has 1 atom stereocenters. The van der Waals surface area contributed by atoms with Gasteiger partial charge in [0.25, 0.3) is 5.91 Å². The zero-order chi connectivity index (χ0) is 25.8. The molecule has 1 aromatic heterocycles. The van der Waals surface area contributed by atoms with Crippen molar-refractivity contribution in [3.63, 3.8) is 0 Å². The van der Waals surface area contributed by atoms with Gasteiger partial charge in [-0.05, 0) is 55.2 Å². The summed E-state index contributed by atoms with van der Waals surface area (Å²) in [5, 5.41) is 18.6. The smallest absolute Gasteiger partial charge is 0.273 e. The summed E-state index contributed by atoms with van der Waals surface area (Å²) in [5.74, 6) is 1.13. The topological polar surface area (TPSA) is 96.9 Å². The van der Waals surface area contributed by atoms with Gasteiger partial charge >= 0.3 is 0 Å². The molecule has 9 heteroatoms. The van der Waals surface area contributed by atoms with Gasteiger partial charge in [0, 0.05) is 36.4 Å². The Morgan fingerprint density at radius 3 is 2.67 bits per heavy atom. The zero-order valence-corrected chi connectivity index (χ0v) is 21.8. The molecule has 3 aromatic rings. The lowest BCUT2D eigenvalue weighted by molar-refractivity contribution is 0.0723. The lowest BCUT2D eigenvalue weighted by Gasteiger charge is -2.27. The third-order valence-corrected chi connectivity index (χ3v) is 6.81. The van der Waals surface area contributed by atoms with Gasteiger partial charge in [0.15, 0.2) is 11.5 Å². The summed E-state index contributed by atoms with van der Waals surface area (Å²) in [6.07, 6.45) is 2.64. The van der Waals surface area contributed by atoms with Crippen LogP contribution in [0.3, 0.4) is 0 Å². The van der Waals surface area contributed by atoms with Gasteiger partial charge in [-0.2, -0.15) is 5.10 Å². The number of ether oxygens (including phenoxy) is 3. The standard InChI is InChI=1S/C27H32ClN3O5/c1-5-6-12-36-21-9-8-17(14-22(21)35-4)26-23-24(18-15-19(28)16(2)13-20(18)32)29-30-25(23)27(33)31(26)10-7-11-34-3/h8-9,13-15,26,32H,5-7,10-12H2,1-4H3,(H,29,30). The van der Waals surface area contributed by atoms with Gasteiger partial charge in [-0.3, -0.25) is 9.89 Å². The number of aryl methyl sites for hydroxylation is 1. The molecule has 1 unspecified atom stereocenters. The molecule has 1 aliphatic heterocycles. The van der Waals surface area contributed by atoms with E-state index in [1.165, 1.54) is 0 Å². The average Bonchev–Trinajstić information content (AvgIpc) is 3.41. The maximum Gasteiger partial charge on any atom is 0.273 e. The number of carbonyl (C=O) groups excluding carboxylic acids is 1. The maximum absolute atomic E-state index is 13.5. The Kier molecular flexibility index (Phi) is 8.06. The fraction of sp³-hybridized carbons (Fsp3) is 0.407. The second-order valence-corrected chi connectivity index (χ2v) is 9.25. The number of benzene rings is 2. The minimum Gasteiger partial charge on any atom is -0.507 e. The first-order valence-corrected chi connectivity index (χ1v) is 12.5. The highest BCUT2D eigenvalue weighted by atomic mass is 35.5. The number of halogens is 1. The van der Waals surface area contributed by atoms with E-state index in [0.717, 1.165) is 24.0 Å². The number of aromatic amines is 1. The van der Waals surface area contributed by atoms with Gasteiger partial charge < -0.3 is 24.2 Å². The van der Waals surface area contributed by atoms with Crippen LogP contribution in [0, 0.1) is 6.92 Å². The lowest BCUT2D eigenvalue weighted by Crippen LogP contribution is -2.31. The highest BCUT2D eigenvalue weighted by Gasteiger charge is 2.42. The quantitative estimate of drug-likeness (QED) is 0.328. The SMILES string of the molecule is CCCCOc1ccc(C2c3c(-c4cc(Cl)c(C)cc4O)n[nH]c3C(=O)N2CCCOC)cc1OC. The molecule has 1 amide bonds. The molecule has 0 fully saturated rings. The number of nitrogens with zero attached hydrogens (tertiary/aromatic N) is 2. The van der Waals surface area contributed by atoms with Crippen molar-refractivity contribution in [2.45, 2.75) is 39.2 Å². The summed E-state index contributed by atoms with van der Waals surface area (Å²) in [7, 11) is 3.24. The molecule has 0 spiro atoms. The molecular formula is C27H32ClN3O5. The summed E-state index contributed by atoms with van der Waals surface area (Å²) >= 11 is 6.39. The number of nitrogens with one attached hydrogen (secondary N) is 1.